The molecule has 26 heavy (non-hydrogen) atoms. The maximum atomic E-state index is 8.84. The average molecular weight is 493 g/mol. The molecule has 0 fully saturated rings. The Balaban J connectivity index is 3.07. The molecule has 0 bridgehead atoms. The van der Waals surface area contributed by atoms with Crippen LogP contribution in [0.25, 0.3) is 0 Å². The van der Waals surface area contributed by atoms with Crippen LogP contribution in [0.3, 0.4) is 0 Å². The van der Waals surface area contributed by atoms with E-state index in [4.69, 9.17) is 23.1 Å². The number of hydrogen-bond acceptors (Lipinski definition) is 6. The second kappa shape index (κ2) is 12.8. The van der Waals surface area contributed by atoms with Gasteiger partial charge in [0.25, 0.3) is 8.53 Å². The fraction of sp³-hybridized carbons (Fsp3) is 0.611. The van der Waals surface area contributed by atoms with E-state index in [2.05, 4.69) is 38.4 Å². The zero-order valence-corrected chi connectivity index (χ0v) is 18.9. The third-order valence-corrected chi connectivity index (χ3v) is 6.26. The van der Waals surface area contributed by atoms with Gasteiger partial charge in [-0.15, -0.1) is 0 Å². The molecule has 0 spiro atoms. The Labute approximate surface area is 172 Å². The van der Waals surface area contributed by atoms with E-state index in [9.17, 15) is 0 Å². The van der Waals surface area contributed by atoms with Crippen LogP contribution in [0.4, 0.5) is 5.69 Å². The second-order valence-electron chi connectivity index (χ2n) is 6.37. The normalized spacial score (nSPS) is 14.0. The summed E-state index contributed by atoms with van der Waals surface area (Å²) in [5.74, 6) is 0. The maximum Gasteiger partial charge on any atom is 0.259 e. The molecule has 2 atom stereocenters. The number of rotatable bonds is 12. The molecule has 1 rings (SSSR count). The molecule has 2 unspecified atom stereocenters. The number of nitrogens with zero attached hydrogens (tertiary/aromatic N) is 2. The molecule has 0 aliphatic rings. The Bertz CT molecular complexity index is 561. The van der Waals surface area contributed by atoms with E-state index in [1.54, 1.807) is 0 Å². The van der Waals surface area contributed by atoms with Crippen molar-refractivity contribution in [1.82, 2.24) is 4.67 Å². The summed E-state index contributed by atoms with van der Waals surface area (Å²) in [6.07, 6.45) is 0.766. The number of nitrogens with two attached hydrogens (primary N) is 1. The van der Waals surface area contributed by atoms with Crippen LogP contribution in [-0.4, -0.2) is 30.0 Å². The molecular weight excluding hydrogens is 464 g/mol. The highest BCUT2D eigenvalue weighted by Gasteiger charge is 2.30. The summed E-state index contributed by atoms with van der Waals surface area (Å²) in [5.41, 5.74) is 7.80. The number of para-hydroxylation sites is 1. The molecule has 0 heterocycles. The highest BCUT2D eigenvalue weighted by atomic mass is 127. The molecule has 0 radical (unpaired) electrons. The summed E-state index contributed by atoms with van der Waals surface area (Å²) in [6.45, 7) is 9.36. The summed E-state index contributed by atoms with van der Waals surface area (Å²) >= 11 is 1.89. The fourth-order valence-corrected chi connectivity index (χ4v) is 4.62. The van der Waals surface area contributed by atoms with Gasteiger partial charge in [-0.05, 0) is 33.8 Å². The predicted octanol–water partition coefficient (Wildman–Crippen LogP) is 5.36. The minimum Gasteiger partial charge on any atom is -0.398 e. The predicted molar refractivity (Wildman–Crippen MR) is 114 cm³/mol. The van der Waals surface area contributed by atoms with Crippen molar-refractivity contribution in [2.75, 3.05) is 18.9 Å². The van der Waals surface area contributed by atoms with Crippen molar-refractivity contribution in [3.05, 3.63) is 29.8 Å². The highest BCUT2D eigenvalue weighted by molar-refractivity contribution is 14.1. The van der Waals surface area contributed by atoms with Gasteiger partial charge in [0.15, 0.2) is 0 Å². The van der Waals surface area contributed by atoms with Crippen LogP contribution < -0.4 is 5.73 Å². The molecule has 8 heteroatoms. The molecule has 0 saturated carbocycles. The van der Waals surface area contributed by atoms with Gasteiger partial charge in [-0.1, -0.05) is 18.2 Å². The number of hydrogen-bond donors (Lipinski definition) is 1. The number of nitrogen functional groups attached to an aromatic ring is 1. The maximum absolute atomic E-state index is 8.84. The van der Waals surface area contributed by atoms with Crippen molar-refractivity contribution in [2.24, 2.45) is 0 Å². The van der Waals surface area contributed by atoms with Crippen LogP contribution in [0, 0.1) is 11.3 Å². The minimum absolute atomic E-state index is 0.237. The lowest BCUT2D eigenvalue weighted by Crippen LogP contribution is -2.34. The minimum atomic E-state index is -1.34. The van der Waals surface area contributed by atoms with Crippen molar-refractivity contribution < 1.29 is 12.1 Å². The second-order valence-corrected chi connectivity index (χ2v) is 8.40. The number of halogens is 1. The lowest BCUT2D eigenvalue weighted by Gasteiger charge is -2.37. The molecule has 1 aromatic carbocycles. The van der Waals surface area contributed by atoms with E-state index < -0.39 is 8.53 Å². The van der Waals surface area contributed by atoms with Crippen LogP contribution in [0.15, 0.2) is 24.3 Å². The molecule has 2 N–H and O–H groups in total. The molecular formula is C18H29IN3O3P. The first-order chi connectivity index (χ1) is 12.4. The lowest BCUT2D eigenvalue weighted by molar-refractivity contribution is 0.120. The van der Waals surface area contributed by atoms with E-state index in [1.165, 1.54) is 0 Å². The largest absolute Gasteiger partial charge is 0.398 e. The summed E-state index contributed by atoms with van der Waals surface area (Å²) in [6, 6.07) is 10.3. The van der Waals surface area contributed by atoms with Crippen molar-refractivity contribution in [2.45, 2.75) is 58.7 Å². The summed E-state index contributed by atoms with van der Waals surface area (Å²) in [4.78, 5) is 0. The van der Waals surface area contributed by atoms with Crippen molar-refractivity contribution in [3.63, 3.8) is 0 Å². The van der Waals surface area contributed by atoms with E-state index in [1.807, 2.05) is 47.3 Å². The first-order valence-electron chi connectivity index (χ1n) is 8.75. The first-order valence-corrected chi connectivity index (χ1v) is 10.8. The van der Waals surface area contributed by atoms with Gasteiger partial charge >= 0.3 is 0 Å². The Morgan fingerprint density at radius 3 is 2.38 bits per heavy atom. The Morgan fingerprint density at radius 1 is 1.19 bits per heavy atom. The van der Waals surface area contributed by atoms with Gasteiger partial charge in [0, 0.05) is 29.8 Å². The molecule has 0 aromatic heterocycles. The van der Waals surface area contributed by atoms with Gasteiger partial charge in [0.1, 0.15) is 23.0 Å². The van der Waals surface area contributed by atoms with Crippen LogP contribution in [0.5, 0.6) is 0 Å². The Kier molecular flexibility index (Phi) is 11.6. The van der Waals surface area contributed by atoms with Crippen LogP contribution in [0.1, 0.15) is 52.2 Å². The Hall–Kier alpha value is -0.490. The smallest absolute Gasteiger partial charge is 0.259 e. The number of nitriles is 1. The average Bonchev–Trinajstić information content (AvgIpc) is 2.58. The van der Waals surface area contributed by atoms with Crippen LogP contribution in [0.2, 0.25) is 0 Å². The SMILES string of the molecule is CC(C)N(C(C)C)P(OCCC#N)OC(CCOI)c1ccccc1N. The summed E-state index contributed by atoms with van der Waals surface area (Å²) in [7, 11) is -1.34. The quantitative estimate of drug-likeness (QED) is 0.183. The van der Waals surface area contributed by atoms with Crippen LogP contribution >= 0.6 is 31.5 Å². The van der Waals surface area contributed by atoms with Crippen molar-refractivity contribution in [1.29, 1.82) is 5.26 Å². The molecule has 0 aliphatic heterocycles. The van der Waals surface area contributed by atoms with Crippen molar-refractivity contribution in [3.8, 4) is 6.07 Å². The third kappa shape index (κ3) is 7.63. The van der Waals surface area contributed by atoms with E-state index in [0.717, 1.165) is 5.56 Å². The zero-order valence-electron chi connectivity index (χ0n) is 15.9. The topological polar surface area (TPSA) is 80.7 Å². The summed E-state index contributed by atoms with van der Waals surface area (Å²) < 4.78 is 19.9. The van der Waals surface area contributed by atoms with Crippen molar-refractivity contribution >= 4 is 37.2 Å². The molecule has 1 aromatic rings. The zero-order chi connectivity index (χ0) is 19.5. The molecule has 6 nitrogen and oxygen atoms in total. The Morgan fingerprint density at radius 2 is 1.85 bits per heavy atom. The lowest BCUT2D eigenvalue weighted by atomic mass is 10.1. The molecule has 0 aliphatic carbocycles. The molecule has 0 amide bonds. The van der Waals surface area contributed by atoms with Gasteiger partial charge in [0.2, 0.25) is 0 Å². The van der Waals surface area contributed by atoms with Gasteiger partial charge in [-0.2, -0.15) is 5.26 Å². The van der Waals surface area contributed by atoms with Gasteiger partial charge in [0.05, 0.1) is 31.8 Å². The fourth-order valence-electron chi connectivity index (χ4n) is 2.62. The van der Waals surface area contributed by atoms with Gasteiger partial charge in [-0.25, -0.2) is 4.67 Å². The number of benzene rings is 1. The van der Waals surface area contributed by atoms with E-state index in [0.29, 0.717) is 31.7 Å². The third-order valence-electron chi connectivity index (χ3n) is 3.68. The van der Waals surface area contributed by atoms with E-state index >= 15 is 0 Å². The highest BCUT2D eigenvalue weighted by Crippen LogP contribution is 2.50. The monoisotopic (exact) mass is 493 g/mol. The van der Waals surface area contributed by atoms with Crippen LogP contribution in [-0.2, 0) is 12.1 Å². The molecule has 146 valence electrons. The van der Waals surface area contributed by atoms with E-state index in [-0.39, 0.29) is 18.2 Å². The van der Waals surface area contributed by atoms with Gasteiger partial charge in [-0.3, -0.25) is 0 Å². The first kappa shape index (κ1) is 23.5. The molecule has 0 saturated heterocycles. The van der Waals surface area contributed by atoms with Gasteiger partial charge < -0.3 is 17.8 Å². The standard InChI is InChI=1S/C18H29IN3O3P/c1-14(2)22(15(3)4)26(24-12-7-11-20)25-18(10-13-23-19)16-8-5-6-9-17(16)21/h5-6,8-9,14-15,18H,7,10,12-13,21H2,1-4H3. The number of anilines is 1. The summed E-state index contributed by atoms with van der Waals surface area (Å²) in [5, 5.41) is 8.84.